The molecule has 1 aromatic rings. The van der Waals surface area contributed by atoms with Crippen molar-refractivity contribution in [3.63, 3.8) is 0 Å². The fourth-order valence-electron chi connectivity index (χ4n) is 1.20. The van der Waals surface area contributed by atoms with Crippen LogP contribution in [0.3, 0.4) is 0 Å². The standard InChI is InChI=1S/C12H23N3O/c1-11(2,3)10-9-15(14-13-10)7-8-16-12(4,5)6/h9H,7-8H2,1-6H3. The normalized spacial score (nSPS) is 13.1. The third-order valence-electron chi connectivity index (χ3n) is 2.16. The minimum atomic E-state index is -0.0898. The van der Waals surface area contributed by atoms with Crippen LogP contribution in [-0.2, 0) is 16.7 Å². The number of aromatic nitrogens is 3. The van der Waals surface area contributed by atoms with Crippen LogP contribution in [0.2, 0.25) is 0 Å². The molecule has 4 nitrogen and oxygen atoms in total. The number of hydrogen-bond donors (Lipinski definition) is 0. The summed E-state index contributed by atoms with van der Waals surface area (Å²) in [5.41, 5.74) is 0.986. The molecule has 0 spiro atoms. The molecule has 0 radical (unpaired) electrons. The Morgan fingerprint density at radius 1 is 1.19 bits per heavy atom. The molecule has 16 heavy (non-hydrogen) atoms. The monoisotopic (exact) mass is 225 g/mol. The average molecular weight is 225 g/mol. The molecule has 4 heteroatoms. The Labute approximate surface area is 98.0 Å². The maximum absolute atomic E-state index is 5.64. The summed E-state index contributed by atoms with van der Waals surface area (Å²) < 4.78 is 7.48. The molecule has 92 valence electrons. The van der Waals surface area contributed by atoms with Crippen molar-refractivity contribution in [1.29, 1.82) is 0 Å². The third-order valence-corrected chi connectivity index (χ3v) is 2.16. The van der Waals surface area contributed by atoms with E-state index in [4.69, 9.17) is 4.74 Å². The summed E-state index contributed by atoms with van der Waals surface area (Å²) in [5.74, 6) is 0. The van der Waals surface area contributed by atoms with Crippen LogP contribution in [0.4, 0.5) is 0 Å². The van der Waals surface area contributed by atoms with E-state index in [2.05, 4.69) is 51.9 Å². The molecule has 0 amide bonds. The molecule has 0 atom stereocenters. The summed E-state index contributed by atoms with van der Waals surface area (Å²) in [6, 6.07) is 0. The molecular formula is C12H23N3O. The zero-order chi connectivity index (χ0) is 12.4. The van der Waals surface area contributed by atoms with E-state index in [1.807, 2.05) is 10.9 Å². The molecule has 1 aromatic heterocycles. The van der Waals surface area contributed by atoms with E-state index in [9.17, 15) is 0 Å². The second kappa shape index (κ2) is 4.53. The number of hydrogen-bond acceptors (Lipinski definition) is 3. The van der Waals surface area contributed by atoms with E-state index in [1.165, 1.54) is 0 Å². The Bertz CT molecular complexity index is 331. The third kappa shape index (κ3) is 4.31. The predicted octanol–water partition coefficient (Wildman–Crippen LogP) is 2.39. The molecule has 1 rings (SSSR count). The summed E-state index contributed by atoms with van der Waals surface area (Å²) in [6.07, 6.45) is 1.99. The number of nitrogens with zero attached hydrogens (tertiary/aromatic N) is 3. The maximum Gasteiger partial charge on any atom is 0.0880 e. The van der Waals surface area contributed by atoms with Crippen molar-refractivity contribution in [1.82, 2.24) is 15.0 Å². The first-order valence-corrected chi connectivity index (χ1v) is 5.73. The van der Waals surface area contributed by atoms with E-state index in [1.54, 1.807) is 0 Å². The molecule has 0 aliphatic rings. The molecular weight excluding hydrogens is 202 g/mol. The van der Waals surface area contributed by atoms with Gasteiger partial charge < -0.3 is 4.74 Å². The topological polar surface area (TPSA) is 39.9 Å². The zero-order valence-electron chi connectivity index (χ0n) is 11.2. The summed E-state index contributed by atoms with van der Waals surface area (Å²) >= 11 is 0. The summed E-state index contributed by atoms with van der Waals surface area (Å²) in [7, 11) is 0. The Kier molecular flexibility index (Phi) is 3.73. The van der Waals surface area contributed by atoms with E-state index in [0.717, 1.165) is 12.2 Å². The minimum absolute atomic E-state index is 0.0587. The number of rotatable bonds is 3. The fraction of sp³-hybridized carbons (Fsp3) is 0.833. The lowest BCUT2D eigenvalue weighted by molar-refractivity contribution is -0.00805. The Hall–Kier alpha value is -0.900. The zero-order valence-corrected chi connectivity index (χ0v) is 11.2. The van der Waals surface area contributed by atoms with Crippen molar-refractivity contribution < 1.29 is 4.74 Å². The van der Waals surface area contributed by atoms with Gasteiger partial charge in [-0.1, -0.05) is 26.0 Å². The molecule has 0 bridgehead atoms. The SMILES string of the molecule is CC(C)(C)OCCn1cc(C(C)(C)C)nn1. The highest BCUT2D eigenvalue weighted by molar-refractivity contribution is 5.06. The van der Waals surface area contributed by atoms with E-state index in [0.29, 0.717) is 6.61 Å². The first-order valence-electron chi connectivity index (χ1n) is 5.73. The van der Waals surface area contributed by atoms with Crippen LogP contribution < -0.4 is 0 Å². The van der Waals surface area contributed by atoms with Crippen molar-refractivity contribution in [2.24, 2.45) is 0 Å². The van der Waals surface area contributed by atoms with Gasteiger partial charge in [-0.05, 0) is 20.8 Å². The summed E-state index contributed by atoms with van der Waals surface area (Å²) in [4.78, 5) is 0. The summed E-state index contributed by atoms with van der Waals surface area (Å²) in [6.45, 7) is 14.0. The lowest BCUT2D eigenvalue weighted by atomic mass is 9.93. The van der Waals surface area contributed by atoms with Gasteiger partial charge in [0.1, 0.15) is 0 Å². The van der Waals surface area contributed by atoms with E-state index in [-0.39, 0.29) is 11.0 Å². The molecule has 0 fully saturated rings. The highest BCUT2D eigenvalue weighted by Crippen LogP contribution is 2.18. The predicted molar refractivity (Wildman–Crippen MR) is 64.4 cm³/mol. The van der Waals surface area contributed by atoms with Gasteiger partial charge in [-0.25, -0.2) is 4.68 Å². The largest absolute Gasteiger partial charge is 0.374 e. The van der Waals surface area contributed by atoms with Gasteiger partial charge in [0.25, 0.3) is 0 Å². The average Bonchev–Trinajstić information content (AvgIpc) is 2.49. The second-order valence-electron chi connectivity index (χ2n) is 6.08. The molecule has 0 aliphatic heterocycles. The van der Waals surface area contributed by atoms with Crippen molar-refractivity contribution in [3.8, 4) is 0 Å². The van der Waals surface area contributed by atoms with Gasteiger partial charge in [0, 0.05) is 11.6 Å². The molecule has 0 aliphatic carbocycles. The van der Waals surface area contributed by atoms with E-state index < -0.39 is 0 Å². The highest BCUT2D eigenvalue weighted by Gasteiger charge is 2.17. The van der Waals surface area contributed by atoms with Crippen molar-refractivity contribution in [2.45, 2.75) is 59.1 Å². The maximum atomic E-state index is 5.64. The Morgan fingerprint density at radius 3 is 2.25 bits per heavy atom. The Morgan fingerprint density at radius 2 is 1.81 bits per heavy atom. The van der Waals surface area contributed by atoms with E-state index >= 15 is 0 Å². The van der Waals surface area contributed by atoms with Gasteiger partial charge in [0.05, 0.1) is 24.4 Å². The second-order valence-corrected chi connectivity index (χ2v) is 6.08. The number of ether oxygens (including phenoxy) is 1. The molecule has 0 saturated heterocycles. The van der Waals surface area contributed by atoms with Gasteiger partial charge in [0.2, 0.25) is 0 Å². The molecule has 0 N–H and O–H groups in total. The fourth-order valence-corrected chi connectivity index (χ4v) is 1.20. The lowest BCUT2D eigenvalue weighted by Crippen LogP contribution is -2.22. The molecule has 0 unspecified atom stereocenters. The van der Waals surface area contributed by atoms with Gasteiger partial charge >= 0.3 is 0 Å². The van der Waals surface area contributed by atoms with Crippen LogP contribution in [0.15, 0.2) is 6.20 Å². The molecule has 1 heterocycles. The van der Waals surface area contributed by atoms with Gasteiger partial charge in [-0.2, -0.15) is 0 Å². The van der Waals surface area contributed by atoms with Crippen LogP contribution >= 0.6 is 0 Å². The van der Waals surface area contributed by atoms with Crippen LogP contribution in [0.25, 0.3) is 0 Å². The van der Waals surface area contributed by atoms with Crippen molar-refractivity contribution in [3.05, 3.63) is 11.9 Å². The highest BCUT2D eigenvalue weighted by atomic mass is 16.5. The van der Waals surface area contributed by atoms with Gasteiger partial charge in [-0.3, -0.25) is 0 Å². The van der Waals surface area contributed by atoms with Gasteiger partial charge in [0.15, 0.2) is 0 Å². The summed E-state index contributed by atoms with van der Waals surface area (Å²) in [5, 5.41) is 8.25. The smallest absolute Gasteiger partial charge is 0.0880 e. The Balaban J connectivity index is 2.48. The van der Waals surface area contributed by atoms with Crippen LogP contribution in [0.1, 0.15) is 47.2 Å². The lowest BCUT2D eigenvalue weighted by Gasteiger charge is -2.19. The van der Waals surface area contributed by atoms with Crippen molar-refractivity contribution >= 4 is 0 Å². The van der Waals surface area contributed by atoms with Crippen LogP contribution in [0, 0.1) is 0 Å². The first-order chi connectivity index (χ1) is 7.18. The first kappa shape index (κ1) is 13.2. The van der Waals surface area contributed by atoms with Crippen molar-refractivity contribution in [2.75, 3.05) is 6.61 Å². The molecule has 0 aromatic carbocycles. The molecule has 0 saturated carbocycles. The van der Waals surface area contributed by atoms with Crippen LogP contribution in [-0.4, -0.2) is 27.2 Å². The quantitative estimate of drug-likeness (QED) is 0.793. The van der Waals surface area contributed by atoms with Gasteiger partial charge in [-0.15, -0.1) is 5.10 Å². The minimum Gasteiger partial charge on any atom is -0.374 e. The van der Waals surface area contributed by atoms with Crippen LogP contribution in [0.5, 0.6) is 0 Å².